The molecule has 0 spiro atoms. The number of benzene rings is 2. The van der Waals surface area contributed by atoms with E-state index in [0.29, 0.717) is 6.54 Å². The highest BCUT2D eigenvalue weighted by Gasteiger charge is 2.14. The molecule has 2 heterocycles. The van der Waals surface area contributed by atoms with Gasteiger partial charge in [0.25, 0.3) is 0 Å². The van der Waals surface area contributed by atoms with Crippen LogP contribution in [0.15, 0.2) is 67.1 Å². The van der Waals surface area contributed by atoms with Crippen LogP contribution in [0.1, 0.15) is 25.7 Å². The number of hydrogen-bond acceptors (Lipinski definition) is 3. The Hall–Kier alpha value is -3.28. The minimum Gasteiger partial charge on any atom is -0.390 e. The van der Waals surface area contributed by atoms with E-state index in [-0.39, 0.29) is 5.95 Å². The van der Waals surface area contributed by atoms with Crippen molar-refractivity contribution in [2.75, 3.05) is 0 Å². The van der Waals surface area contributed by atoms with Crippen LogP contribution >= 0.6 is 0 Å². The smallest absolute Gasteiger partial charge is 0.390 e. The van der Waals surface area contributed by atoms with Crippen molar-refractivity contribution in [3.05, 3.63) is 77.2 Å². The summed E-state index contributed by atoms with van der Waals surface area (Å²) in [4.78, 5) is 14.3. The first-order chi connectivity index (χ1) is 13.7. The summed E-state index contributed by atoms with van der Waals surface area (Å²) < 4.78 is 3.96. The highest BCUT2D eigenvalue weighted by Crippen LogP contribution is 2.22. The number of nitro groups is 1. The van der Waals surface area contributed by atoms with E-state index < -0.39 is 4.92 Å². The number of para-hydroxylation sites is 1. The Morgan fingerprint density at radius 1 is 0.964 bits per heavy atom. The number of hydrogen-bond donors (Lipinski definition) is 0. The fourth-order valence-corrected chi connectivity index (χ4v) is 3.79. The first-order valence-electron chi connectivity index (χ1n) is 9.69. The van der Waals surface area contributed by atoms with Gasteiger partial charge in [0.05, 0.1) is 11.9 Å². The van der Waals surface area contributed by atoms with Gasteiger partial charge in [0, 0.05) is 23.3 Å². The number of aryl methyl sites for hydroxylation is 2. The van der Waals surface area contributed by atoms with Crippen LogP contribution in [-0.2, 0) is 13.1 Å². The van der Waals surface area contributed by atoms with Crippen molar-refractivity contribution in [3.8, 4) is 0 Å². The van der Waals surface area contributed by atoms with E-state index in [2.05, 4.69) is 64.3 Å². The number of imidazole rings is 1. The molecule has 0 saturated heterocycles. The number of rotatable bonds is 8. The molecular formula is C22H23N4O2+. The number of fused-ring (bicyclic) bond motifs is 3. The summed E-state index contributed by atoms with van der Waals surface area (Å²) in [6.07, 6.45) is 9.54. The minimum absolute atomic E-state index is 0.0711. The summed E-state index contributed by atoms with van der Waals surface area (Å²) >= 11 is 0. The van der Waals surface area contributed by atoms with E-state index in [1.54, 1.807) is 10.8 Å². The molecule has 0 bridgehead atoms. The Morgan fingerprint density at radius 2 is 1.71 bits per heavy atom. The third-order valence-corrected chi connectivity index (χ3v) is 5.16. The maximum Gasteiger partial charge on any atom is 0.434 e. The van der Waals surface area contributed by atoms with Crippen molar-refractivity contribution in [3.63, 3.8) is 0 Å². The number of nitrogens with zero attached hydrogens (tertiary/aromatic N) is 4. The van der Waals surface area contributed by atoms with E-state index in [1.165, 1.54) is 27.9 Å². The number of unbranched alkanes of at least 4 members (excludes halogenated alkanes) is 3. The molecule has 6 heteroatoms. The minimum atomic E-state index is -0.429. The molecule has 0 atom stereocenters. The van der Waals surface area contributed by atoms with Gasteiger partial charge >= 0.3 is 5.95 Å². The van der Waals surface area contributed by atoms with Crippen molar-refractivity contribution in [1.29, 1.82) is 0 Å². The normalized spacial score (nSPS) is 11.3. The highest BCUT2D eigenvalue weighted by molar-refractivity contribution is 6.03. The van der Waals surface area contributed by atoms with Gasteiger partial charge in [-0.25, -0.2) is 4.57 Å². The molecule has 6 nitrogen and oxygen atoms in total. The molecule has 142 valence electrons. The lowest BCUT2D eigenvalue weighted by molar-refractivity contribution is -0.670. The maximum atomic E-state index is 10.9. The van der Waals surface area contributed by atoms with Crippen LogP contribution in [0.25, 0.3) is 21.7 Å². The quantitative estimate of drug-likeness (QED) is 0.148. The standard InChI is InChI=1S/C22H23N4O2/c27-26(28)22-23-13-16-24(22)14-7-1-2-8-15-25-17-18-9-3-4-10-19(18)20-11-5-6-12-21(20)25/h3-6,9-13,16-17H,1-2,7-8,14-15H2/q+1. The van der Waals surface area contributed by atoms with Gasteiger partial charge in [-0.15, -0.1) is 0 Å². The molecule has 2 aromatic carbocycles. The molecule has 0 aliphatic rings. The van der Waals surface area contributed by atoms with Crippen LogP contribution < -0.4 is 4.57 Å². The Labute approximate surface area is 163 Å². The predicted molar refractivity (Wildman–Crippen MR) is 109 cm³/mol. The molecule has 0 N–H and O–H groups in total. The molecule has 4 aromatic rings. The topological polar surface area (TPSA) is 64.8 Å². The van der Waals surface area contributed by atoms with Crippen LogP contribution in [0.5, 0.6) is 0 Å². The third kappa shape index (κ3) is 3.71. The van der Waals surface area contributed by atoms with Crippen LogP contribution in [0.4, 0.5) is 5.95 Å². The van der Waals surface area contributed by atoms with Gasteiger partial charge in [0.2, 0.25) is 5.52 Å². The lowest BCUT2D eigenvalue weighted by atomic mass is 10.1. The van der Waals surface area contributed by atoms with Crippen molar-refractivity contribution in [2.24, 2.45) is 0 Å². The van der Waals surface area contributed by atoms with Gasteiger partial charge in [0.15, 0.2) is 6.20 Å². The van der Waals surface area contributed by atoms with Crippen molar-refractivity contribution < 1.29 is 9.49 Å². The monoisotopic (exact) mass is 375 g/mol. The Morgan fingerprint density at radius 3 is 2.57 bits per heavy atom. The maximum absolute atomic E-state index is 10.9. The fraction of sp³-hybridized carbons (Fsp3) is 0.273. The van der Waals surface area contributed by atoms with E-state index in [1.807, 2.05) is 0 Å². The average Bonchev–Trinajstić information content (AvgIpc) is 3.19. The first kappa shape index (κ1) is 18.1. The average molecular weight is 375 g/mol. The van der Waals surface area contributed by atoms with Gasteiger partial charge in [-0.05, 0) is 29.9 Å². The number of aromatic nitrogens is 3. The molecule has 0 fully saturated rings. The van der Waals surface area contributed by atoms with E-state index in [4.69, 9.17) is 0 Å². The zero-order chi connectivity index (χ0) is 19.3. The van der Waals surface area contributed by atoms with E-state index in [9.17, 15) is 10.1 Å². The second-order valence-electron chi connectivity index (χ2n) is 7.02. The molecule has 0 amide bonds. The molecule has 4 rings (SSSR count). The molecule has 28 heavy (non-hydrogen) atoms. The fourth-order valence-electron chi connectivity index (χ4n) is 3.79. The molecule has 0 aliphatic heterocycles. The molecule has 0 saturated carbocycles. The molecule has 0 aliphatic carbocycles. The second kappa shape index (κ2) is 8.17. The van der Waals surface area contributed by atoms with E-state index >= 15 is 0 Å². The Balaban J connectivity index is 1.36. The van der Waals surface area contributed by atoms with Crippen LogP contribution in [0.2, 0.25) is 0 Å². The second-order valence-corrected chi connectivity index (χ2v) is 7.02. The molecule has 2 aromatic heterocycles. The Kier molecular flexibility index (Phi) is 5.28. The van der Waals surface area contributed by atoms with Gasteiger partial charge in [0.1, 0.15) is 18.9 Å². The van der Waals surface area contributed by atoms with Crippen LogP contribution in [0.3, 0.4) is 0 Å². The molecule has 0 unspecified atom stereocenters. The van der Waals surface area contributed by atoms with Gasteiger partial charge in [-0.3, -0.25) is 0 Å². The summed E-state index contributed by atoms with van der Waals surface area (Å²) in [5, 5.41) is 14.7. The summed E-state index contributed by atoms with van der Waals surface area (Å²) in [6, 6.07) is 17.1. The van der Waals surface area contributed by atoms with Crippen LogP contribution in [0, 0.1) is 10.1 Å². The van der Waals surface area contributed by atoms with Crippen molar-refractivity contribution in [1.82, 2.24) is 9.55 Å². The zero-order valence-corrected chi connectivity index (χ0v) is 15.7. The summed E-state index contributed by atoms with van der Waals surface area (Å²) in [5.41, 5.74) is 1.26. The summed E-state index contributed by atoms with van der Waals surface area (Å²) in [5.74, 6) is -0.0711. The lowest BCUT2D eigenvalue weighted by Gasteiger charge is -2.06. The van der Waals surface area contributed by atoms with Gasteiger partial charge in [-0.1, -0.05) is 41.7 Å². The van der Waals surface area contributed by atoms with Gasteiger partial charge in [-0.2, -0.15) is 4.57 Å². The summed E-state index contributed by atoms with van der Waals surface area (Å²) in [7, 11) is 0. The Bertz CT molecular complexity index is 1120. The van der Waals surface area contributed by atoms with Crippen molar-refractivity contribution >= 4 is 27.6 Å². The van der Waals surface area contributed by atoms with Crippen molar-refractivity contribution in [2.45, 2.75) is 38.8 Å². The predicted octanol–water partition coefficient (Wildman–Crippen LogP) is 4.65. The van der Waals surface area contributed by atoms with Crippen LogP contribution in [-0.4, -0.2) is 14.5 Å². The summed E-state index contributed by atoms with van der Waals surface area (Å²) in [6.45, 7) is 1.61. The van der Waals surface area contributed by atoms with E-state index in [0.717, 1.165) is 32.2 Å². The zero-order valence-electron chi connectivity index (χ0n) is 15.7. The highest BCUT2D eigenvalue weighted by atomic mass is 16.6. The lowest BCUT2D eigenvalue weighted by Crippen LogP contribution is -2.34. The molecular weight excluding hydrogens is 352 g/mol. The largest absolute Gasteiger partial charge is 0.434 e. The van der Waals surface area contributed by atoms with Gasteiger partial charge < -0.3 is 10.1 Å². The third-order valence-electron chi connectivity index (χ3n) is 5.16. The number of pyridine rings is 1. The first-order valence-corrected chi connectivity index (χ1v) is 9.69. The SMILES string of the molecule is O=[N+]([O-])c1nccn1CCCCCC[n+]1cc2ccccc2c2ccccc21. The molecule has 0 radical (unpaired) electrons.